The fourth-order valence-electron chi connectivity index (χ4n) is 6.34. The van der Waals surface area contributed by atoms with Crippen LogP contribution in [0.5, 0.6) is 17.2 Å². The largest absolute Gasteiger partial charge is 0.508 e. The van der Waals surface area contributed by atoms with Gasteiger partial charge in [0.15, 0.2) is 9.75 Å². The molecule has 2 amide bonds. The number of hydrogen-bond acceptors (Lipinski definition) is 7. The highest BCUT2D eigenvalue weighted by atomic mass is 79.9. The number of fused-ring (bicyclic) bond motifs is 4. The number of aromatic hydroxyl groups is 1. The number of aromatic nitrogens is 3. The zero-order valence-corrected chi connectivity index (χ0v) is 24.8. The third kappa shape index (κ3) is 3.50. The highest BCUT2D eigenvalue weighted by molar-refractivity contribution is 9.09. The molecule has 6 rings (SSSR count). The van der Waals surface area contributed by atoms with Gasteiger partial charge in [0.2, 0.25) is 0 Å². The second-order valence-corrected chi connectivity index (χ2v) is 11.7. The van der Waals surface area contributed by atoms with Crippen molar-refractivity contribution in [2.24, 2.45) is 0 Å². The van der Waals surface area contributed by atoms with Gasteiger partial charge >= 0.3 is 11.4 Å². The lowest BCUT2D eigenvalue weighted by Crippen LogP contribution is -2.59. The van der Waals surface area contributed by atoms with Gasteiger partial charge < -0.3 is 14.6 Å². The van der Waals surface area contributed by atoms with E-state index in [0.29, 0.717) is 11.3 Å². The van der Waals surface area contributed by atoms with Gasteiger partial charge in [0.25, 0.3) is 11.8 Å². The van der Waals surface area contributed by atoms with Crippen LogP contribution in [0.1, 0.15) is 23.9 Å². The predicted octanol–water partition coefficient (Wildman–Crippen LogP) is 2.87. The quantitative estimate of drug-likeness (QED) is 0.192. The number of benzene rings is 2. The molecule has 41 heavy (non-hydrogen) atoms. The summed E-state index contributed by atoms with van der Waals surface area (Å²) < 4.78 is 14.8. The van der Waals surface area contributed by atoms with E-state index in [1.807, 2.05) is 0 Å². The standard InChI is InChI=1S/C27H23BrCl2N4O7/c1-40-18-10-15(35)11-19(41-2)20(18)21-16-8-9-32-24(38)33(14-6-4-3-5-7-14)25(39)34(32)17(16)12-26(29)22(36)31(13-28)23(37)27(21,26)30/h3-8,10-11,17,21,35H,9,12-13H2,1-2H3. The SMILES string of the molecule is COc1cc(O)cc(OC)c1C1C2=CCn3c(=O)n(-c4ccccc4)c(=O)n3C2CC2(Cl)C(=O)N(CBr)C(=O)C12Cl. The Morgan fingerprint density at radius 3 is 2.22 bits per heavy atom. The Balaban J connectivity index is 1.67. The molecule has 11 nitrogen and oxygen atoms in total. The fourth-order valence-corrected chi connectivity index (χ4v) is 7.73. The summed E-state index contributed by atoms with van der Waals surface area (Å²) in [4.78, 5) is 52.0. The van der Waals surface area contributed by atoms with Gasteiger partial charge in [-0.25, -0.2) is 23.5 Å². The van der Waals surface area contributed by atoms with E-state index in [1.165, 1.54) is 35.7 Å². The molecule has 3 heterocycles. The second kappa shape index (κ2) is 9.53. The van der Waals surface area contributed by atoms with Crippen molar-refractivity contribution in [2.75, 3.05) is 19.7 Å². The van der Waals surface area contributed by atoms with Crippen LogP contribution in [0.4, 0.5) is 0 Å². The lowest BCUT2D eigenvalue weighted by atomic mass is 9.64. The van der Waals surface area contributed by atoms with E-state index in [1.54, 1.807) is 36.4 Å². The summed E-state index contributed by atoms with van der Waals surface area (Å²) in [5.41, 5.74) is -0.274. The summed E-state index contributed by atoms with van der Waals surface area (Å²) in [5.74, 6) is -2.57. The van der Waals surface area contributed by atoms with Crippen LogP contribution in [0.3, 0.4) is 0 Å². The number of carbonyl (C=O) groups excluding carboxylic acids is 2. The number of methoxy groups -OCH3 is 2. The van der Waals surface area contributed by atoms with Crippen molar-refractivity contribution in [3.63, 3.8) is 0 Å². The zero-order chi connectivity index (χ0) is 29.4. The van der Waals surface area contributed by atoms with Crippen molar-refractivity contribution in [3.05, 3.63) is 80.6 Å². The fraction of sp³-hybridized carbons (Fsp3) is 0.333. The molecule has 1 aliphatic carbocycles. The molecule has 0 radical (unpaired) electrons. The first-order valence-electron chi connectivity index (χ1n) is 12.5. The lowest BCUT2D eigenvalue weighted by molar-refractivity contribution is -0.138. The molecule has 4 atom stereocenters. The number of imide groups is 1. The van der Waals surface area contributed by atoms with Crippen molar-refractivity contribution in [1.82, 2.24) is 18.8 Å². The van der Waals surface area contributed by atoms with Gasteiger partial charge in [-0.3, -0.25) is 14.5 Å². The van der Waals surface area contributed by atoms with Crippen molar-refractivity contribution < 1.29 is 24.2 Å². The number of phenols is 1. The van der Waals surface area contributed by atoms with Gasteiger partial charge in [0.1, 0.15) is 17.2 Å². The topological polar surface area (TPSA) is 125 Å². The van der Waals surface area contributed by atoms with Gasteiger partial charge in [-0.05, 0) is 17.7 Å². The van der Waals surface area contributed by atoms with Crippen LogP contribution in [-0.2, 0) is 16.1 Å². The Kier molecular flexibility index (Phi) is 6.44. The molecule has 3 aliphatic rings. The number of allylic oxidation sites excluding steroid dienone is 2. The summed E-state index contributed by atoms with van der Waals surface area (Å²) in [7, 11) is 2.74. The number of likely N-dealkylation sites (tertiary alicyclic amines) is 1. The van der Waals surface area contributed by atoms with E-state index in [-0.39, 0.29) is 41.2 Å². The molecule has 1 N–H and O–H groups in total. The molecule has 1 saturated carbocycles. The minimum atomic E-state index is -2.08. The first kappa shape index (κ1) is 27.7. The summed E-state index contributed by atoms with van der Waals surface area (Å²) in [6, 6.07) is 10.2. The van der Waals surface area contributed by atoms with Gasteiger partial charge in [-0.1, -0.05) is 40.2 Å². The maximum atomic E-state index is 14.0. The van der Waals surface area contributed by atoms with E-state index < -0.39 is 44.9 Å². The monoisotopic (exact) mass is 664 g/mol. The molecule has 1 aromatic heterocycles. The number of alkyl halides is 3. The van der Waals surface area contributed by atoms with Crippen molar-refractivity contribution in [3.8, 4) is 22.9 Å². The van der Waals surface area contributed by atoms with Crippen LogP contribution >= 0.6 is 39.1 Å². The maximum absolute atomic E-state index is 14.0. The minimum Gasteiger partial charge on any atom is -0.508 e. The third-order valence-electron chi connectivity index (χ3n) is 8.11. The summed E-state index contributed by atoms with van der Waals surface area (Å²) >= 11 is 17.7. The van der Waals surface area contributed by atoms with Crippen LogP contribution < -0.4 is 20.9 Å². The van der Waals surface area contributed by atoms with E-state index in [0.717, 1.165) is 9.47 Å². The highest BCUT2D eigenvalue weighted by Gasteiger charge is 2.76. The Hall–Kier alpha value is -3.48. The molecule has 2 aliphatic heterocycles. The number of phenolic OH excluding ortho intramolecular Hbond substituents is 1. The first-order chi connectivity index (χ1) is 19.5. The Labute approximate surface area is 251 Å². The zero-order valence-electron chi connectivity index (χ0n) is 21.7. The molecule has 2 fully saturated rings. The van der Waals surface area contributed by atoms with E-state index in [9.17, 15) is 24.3 Å². The molecular weight excluding hydrogens is 643 g/mol. The molecule has 2 aromatic carbocycles. The highest BCUT2D eigenvalue weighted by Crippen LogP contribution is 2.65. The molecular formula is C27H23BrCl2N4O7. The second-order valence-electron chi connectivity index (χ2n) is 9.95. The number of rotatable bonds is 5. The average Bonchev–Trinajstić information content (AvgIpc) is 3.31. The predicted molar refractivity (Wildman–Crippen MR) is 153 cm³/mol. The van der Waals surface area contributed by atoms with Crippen molar-refractivity contribution in [2.45, 2.75) is 34.7 Å². The van der Waals surface area contributed by atoms with Gasteiger partial charge in [-0.15, -0.1) is 23.2 Å². The number of para-hydroxylation sites is 1. The molecule has 214 valence electrons. The molecule has 3 aromatic rings. The van der Waals surface area contributed by atoms with E-state index in [2.05, 4.69) is 15.9 Å². The number of nitrogens with zero attached hydrogens (tertiary/aromatic N) is 4. The first-order valence-corrected chi connectivity index (χ1v) is 14.4. The molecule has 4 unspecified atom stereocenters. The molecule has 1 saturated heterocycles. The number of carbonyl (C=O) groups is 2. The Bertz CT molecular complexity index is 1740. The van der Waals surface area contributed by atoms with Crippen molar-refractivity contribution in [1.29, 1.82) is 0 Å². The smallest absolute Gasteiger partial charge is 0.352 e. The molecule has 0 bridgehead atoms. The van der Waals surface area contributed by atoms with Gasteiger partial charge in [0.05, 0.1) is 37.9 Å². The molecule has 0 spiro atoms. The minimum absolute atomic E-state index is 0.0223. The maximum Gasteiger partial charge on any atom is 0.352 e. The summed E-state index contributed by atoms with van der Waals surface area (Å²) in [5, 5.41) is 10.3. The van der Waals surface area contributed by atoms with Crippen LogP contribution in [0.25, 0.3) is 5.69 Å². The number of ether oxygens (including phenoxy) is 2. The number of hydrogen-bond donors (Lipinski definition) is 1. The van der Waals surface area contributed by atoms with Crippen LogP contribution in [0.2, 0.25) is 0 Å². The van der Waals surface area contributed by atoms with Crippen LogP contribution in [0, 0.1) is 0 Å². The third-order valence-corrected chi connectivity index (χ3v) is 10.0. The average molecular weight is 666 g/mol. The Morgan fingerprint density at radius 1 is 1.00 bits per heavy atom. The summed E-state index contributed by atoms with van der Waals surface area (Å²) in [6.45, 7) is -0.0223. The summed E-state index contributed by atoms with van der Waals surface area (Å²) in [6.07, 6.45) is 1.46. The van der Waals surface area contributed by atoms with Gasteiger partial charge in [-0.2, -0.15) is 0 Å². The van der Waals surface area contributed by atoms with Crippen LogP contribution in [-0.4, -0.2) is 65.2 Å². The van der Waals surface area contributed by atoms with Gasteiger partial charge in [0, 0.05) is 30.0 Å². The lowest BCUT2D eigenvalue weighted by Gasteiger charge is -2.49. The number of halogens is 3. The van der Waals surface area contributed by atoms with Crippen molar-refractivity contribution >= 4 is 50.9 Å². The normalized spacial score (nSPS) is 26.8. The van der Waals surface area contributed by atoms with E-state index >= 15 is 0 Å². The molecule has 14 heteroatoms. The Morgan fingerprint density at radius 2 is 1.63 bits per heavy atom. The van der Waals surface area contributed by atoms with Crippen LogP contribution in [0.15, 0.2) is 63.7 Å². The van der Waals surface area contributed by atoms with E-state index in [4.69, 9.17) is 32.7 Å². The number of amides is 2.